The number of rotatable bonds is 12. The summed E-state index contributed by atoms with van der Waals surface area (Å²) in [5, 5.41) is 20.1. The van der Waals surface area contributed by atoms with Gasteiger partial charge in [-0.2, -0.15) is 0 Å². The fourth-order valence-electron chi connectivity index (χ4n) is 2.55. The van der Waals surface area contributed by atoms with Gasteiger partial charge in [0.25, 0.3) is 5.91 Å². The number of guanidine groups is 1. The molecule has 0 aromatic heterocycles. The van der Waals surface area contributed by atoms with Crippen molar-refractivity contribution in [1.82, 2.24) is 15.8 Å². The van der Waals surface area contributed by atoms with Gasteiger partial charge in [-0.3, -0.25) is 15.2 Å². The van der Waals surface area contributed by atoms with Crippen LogP contribution in [0.1, 0.15) is 32.3 Å². The highest BCUT2D eigenvalue weighted by molar-refractivity contribution is 7.92. The normalized spacial score (nSPS) is 12.4. The lowest BCUT2D eigenvalue weighted by atomic mass is 10.1. The molecule has 0 aliphatic heterocycles. The van der Waals surface area contributed by atoms with E-state index < -0.39 is 38.8 Å². The molecule has 31 heavy (non-hydrogen) atoms. The number of sulfone groups is 1. The Morgan fingerprint density at radius 1 is 1.23 bits per heavy atom. The van der Waals surface area contributed by atoms with E-state index in [1.165, 1.54) is 19.9 Å². The monoisotopic (exact) mass is 495 g/mol. The van der Waals surface area contributed by atoms with Gasteiger partial charge in [-0.25, -0.2) is 18.6 Å². The van der Waals surface area contributed by atoms with E-state index in [1.54, 1.807) is 12.1 Å². The first-order valence-corrected chi connectivity index (χ1v) is 11.8. The molecule has 0 unspecified atom stereocenters. The maximum Gasteiger partial charge on any atom is 0.328 e. The van der Waals surface area contributed by atoms with Crippen molar-refractivity contribution in [1.29, 1.82) is 5.41 Å². The molecule has 0 saturated carbocycles. The second-order valence-electron chi connectivity index (χ2n) is 7.07. The van der Waals surface area contributed by atoms with Crippen molar-refractivity contribution < 1.29 is 23.1 Å². The smallest absolute Gasteiger partial charge is 0.328 e. The summed E-state index contributed by atoms with van der Waals surface area (Å²) >= 11 is 11.9. The third-order valence-corrected chi connectivity index (χ3v) is 6.78. The Morgan fingerprint density at radius 3 is 2.29 bits per heavy atom. The number of hydrazine groups is 1. The second-order valence-corrected chi connectivity index (χ2v) is 10.5. The summed E-state index contributed by atoms with van der Waals surface area (Å²) in [6.45, 7) is 3.09. The number of halogens is 2. The molecule has 1 rings (SSSR count). The van der Waals surface area contributed by atoms with Crippen LogP contribution in [0.4, 0.5) is 0 Å². The minimum atomic E-state index is -3.76. The van der Waals surface area contributed by atoms with Gasteiger partial charge >= 0.3 is 5.97 Å². The third-order valence-electron chi connectivity index (χ3n) is 4.25. The van der Waals surface area contributed by atoms with Crippen LogP contribution in [0.3, 0.4) is 0 Å². The zero-order valence-corrected chi connectivity index (χ0v) is 19.5. The van der Waals surface area contributed by atoms with Crippen molar-refractivity contribution in [2.45, 2.75) is 44.5 Å². The molecule has 0 spiro atoms. The number of carboxylic acids is 1. The molecule has 1 atom stereocenters. The van der Waals surface area contributed by atoms with Gasteiger partial charge in [-0.1, -0.05) is 23.2 Å². The lowest BCUT2D eigenvalue weighted by Crippen LogP contribution is -2.54. The zero-order chi connectivity index (χ0) is 23.8. The average molecular weight is 496 g/mol. The highest BCUT2D eigenvalue weighted by Gasteiger charge is 2.33. The van der Waals surface area contributed by atoms with E-state index in [4.69, 9.17) is 34.3 Å². The van der Waals surface area contributed by atoms with Gasteiger partial charge in [0.05, 0.1) is 5.25 Å². The zero-order valence-electron chi connectivity index (χ0n) is 17.2. The van der Waals surface area contributed by atoms with Gasteiger partial charge in [0.2, 0.25) is 0 Å². The highest BCUT2D eigenvalue weighted by Crippen LogP contribution is 2.19. The Morgan fingerprint density at radius 2 is 1.81 bits per heavy atom. The number of nitrogens with one attached hydrogen (secondary N) is 3. The highest BCUT2D eigenvalue weighted by atomic mass is 35.5. The van der Waals surface area contributed by atoms with E-state index in [0.717, 1.165) is 5.01 Å². The number of hydrogen-bond acceptors (Lipinski definition) is 6. The van der Waals surface area contributed by atoms with Crippen molar-refractivity contribution in [3.8, 4) is 0 Å². The van der Waals surface area contributed by atoms with Crippen LogP contribution in [-0.4, -0.2) is 60.0 Å². The molecular weight excluding hydrogens is 469 g/mol. The Labute approximate surface area is 191 Å². The van der Waals surface area contributed by atoms with Crippen molar-refractivity contribution in [3.05, 3.63) is 33.8 Å². The largest absolute Gasteiger partial charge is 0.480 e. The van der Waals surface area contributed by atoms with E-state index in [-0.39, 0.29) is 31.9 Å². The maximum atomic E-state index is 12.8. The summed E-state index contributed by atoms with van der Waals surface area (Å²) in [4.78, 5) is 24.7. The van der Waals surface area contributed by atoms with E-state index in [9.17, 15) is 23.1 Å². The van der Waals surface area contributed by atoms with Crippen LogP contribution < -0.4 is 16.5 Å². The predicted octanol–water partition coefficient (Wildman–Crippen LogP) is 1.37. The van der Waals surface area contributed by atoms with Crippen LogP contribution in [0.15, 0.2) is 18.2 Å². The molecule has 0 saturated heterocycles. The van der Waals surface area contributed by atoms with Gasteiger partial charge in [0.1, 0.15) is 11.8 Å². The fourth-order valence-corrected chi connectivity index (χ4v) is 3.94. The Hall–Kier alpha value is -2.08. The quantitative estimate of drug-likeness (QED) is 0.125. The number of nitrogens with zero attached hydrogens (tertiary/aromatic N) is 1. The fraction of sp³-hybridized carbons (Fsp3) is 0.500. The van der Waals surface area contributed by atoms with Gasteiger partial charge < -0.3 is 16.2 Å². The second kappa shape index (κ2) is 12.1. The lowest BCUT2D eigenvalue weighted by Gasteiger charge is -2.30. The molecule has 10 nitrogen and oxygen atoms in total. The molecule has 0 heterocycles. The molecule has 0 radical (unpaired) electrons. The van der Waals surface area contributed by atoms with Gasteiger partial charge in [-0.05, 0) is 50.5 Å². The number of amides is 1. The maximum absolute atomic E-state index is 12.8. The molecule has 0 aliphatic rings. The molecule has 1 aromatic rings. The van der Waals surface area contributed by atoms with Crippen molar-refractivity contribution in [3.63, 3.8) is 0 Å². The Balaban J connectivity index is 3.08. The molecule has 13 heteroatoms. The number of carbonyl (C=O) groups is 2. The van der Waals surface area contributed by atoms with Gasteiger partial charge in [-0.15, -0.1) is 0 Å². The van der Waals surface area contributed by atoms with E-state index >= 15 is 0 Å². The minimum absolute atomic E-state index is 0.00756. The molecule has 1 amide bonds. The molecule has 6 N–H and O–H groups in total. The SMILES string of the molecule is CC(C)S(=O)(=O)CC(=O)N(NCc1cc(Cl)cc(Cl)c1)[C@@H](CCCNC(=N)N)C(=O)O. The summed E-state index contributed by atoms with van der Waals surface area (Å²) in [5.41, 5.74) is 8.49. The first-order chi connectivity index (χ1) is 14.3. The Kier molecular flexibility index (Phi) is 10.5. The minimum Gasteiger partial charge on any atom is -0.480 e. The van der Waals surface area contributed by atoms with Gasteiger partial charge in [0, 0.05) is 23.1 Å². The van der Waals surface area contributed by atoms with E-state index in [2.05, 4.69) is 10.7 Å². The van der Waals surface area contributed by atoms with Crippen LogP contribution in [-0.2, 0) is 26.0 Å². The number of aliphatic carboxylic acids is 1. The molecular formula is C18H27Cl2N5O5S. The average Bonchev–Trinajstić information content (AvgIpc) is 2.61. The molecule has 1 aromatic carbocycles. The first-order valence-electron chi connectivity index (χ1n) is 9.36. The molecule has 0 bridgehead atoms. The van der Waals surface area contributed by atoms with Crippen LogP contribution in [0.5, 0.6) is 0 Å². The Bertz CT molecular complexity index is 890. The van der Waals surface area contributed by atoms with E-state index in [0.29, 0.717) is 15.6 Å². The van der Waals surface area contributed by atoms with Crippen LogP contribution >= 0.6 is 23.2 Å². The molecule has 174 valence electrons. The summed E-state index contributed by atoms with van der Waals surface area (Å²) < 4.78 is 24.5. The summed E-state index contributed by atoms with van der Waals surface area (Å²) in [6.07, 6.45) is 0.258. The standard InChI is InChI=1S/C18H27Cl2N5O5S/c1-11(2)31(29,30)10-16(26)25(15(17(27)28)4-3-5-23-18(21)22)24-9-12-6-13(19)8-14(20)7-12/h6-8,11,15,24H,3-5,9-10H2,1-2H3,(H,27,28)(H4,21,22,23)/t15-/m0/s1. The van der Waals surface area contributed by atoms with Crippen molar-refractivity contribution in [2.75, 3.05) is 12.3 Å². The van der Waals surface area contributed by atoms with Crippen LogP contribution in [0, 0.1) is 5.41 Å². The number of carbonyl (C=O) groups excluding carboxylic acids is 1. The number of nitrogens with two attached hydrogens (primary N) is 1. The number of benzene rings is 1. The first kappa shape index (κ1) is 27.0. The van der Waals surface area contributed by atoms with E-state index in [1.807, 2.05) is 0 Å². The van der Waals surface area contributed by atoms with Crippen LogP contribution in [0.2, 0.25) is 10.0 Å². The van der Waals surface area contributed by atoms with Crippen LogP contribution in [0.25, 0.3) is 0 Å². The van der Waals surface area contributed by atoms with Gasteiger partial charge in [0.15, 0.2) is 15.8 Å². The summed E-state index contributed by atoms with van der Waals surface area (Å²) in [6, 6.07) is 3.34. The molecule has 0 aliphatic carbocycles. The number of carboxylic acid groups (broad SMARTS) is 1. The lowest BCUT2D eigenvalue weighted by molar-refractivity contribution is -0.152. The van der Waals surface area contributed by atoms with Crippen molar-refractivity contribution >= 4 is 50.9 Å². The predicted molar refractivity (Wildman–Crippen MR) is 120 cm³/mol. The summed E-state index contributed by atoms with van der Waals surface area (Å²) in [7, 11) is -3.76. The summed E-state index contributed by atoms with van der Waals surface area (Å²) in [5.74, 6) is -3.31. The topological polar surface area (TPSA) is 166 Å². The van der Waals surface area contributed by atoms with Crippen molar-refractivity contribution in [2.24, 2.45) is 5.73 Å². The number of hydrogen-bond donors (Lipinski definition) is 5. The molecule has 0 fully saturated rings. The third kappa shape index (κ3) is 9.30.